The molecule has 1 amide bonds. The Morgan fingerprint density at radius 1 is 1.29 bits per heavy atom. The van der Waals surface area contributed by atoms with Crippen molar-refractivity contribution in [3.63, 3.8) is 0 Å². The number of carbonyl (C=O) groups excluding carboxylic acids is 2. The number of hydrogen-bond donors (Lipinski definition) is 1. The molecule has 8 heteroatoms. The first-order valence-corrected chi connectivity index (χ1v) is 9.29. The van der Waals surface area contributed by atoms with Gasteiger partial charge >= 0.3 is 0 Å². The van der Waals surface area contributed by atoms with Gasteiger partial charge in [-0.05, 0) is 43.9 Å². The number of nitrogens with zero attached hydrogens (tertiary/aromatic N) is 4. The fourth-order valence-corrected chi connectivity index (χ4v) is 3.64. The maximum atomic E-state index is 12.4. The van der Waals surface area contributed by atoms with E-state index in [9.17, 15) is 9.59 Å². The fraction of sp³-hybridized carbons (Fsp3) is 0.350. The third-order valence-electron chi connectivity index (χ3n) is 5.20. The Morgan fingerprint density at radius 3 is 2.79 bits per heavy atom. The summed E-state index contributed by atoms with van der Waals surface area (Å²) in [6, 6.07) is 7.21. The van der Waals surface area contributed by atoms with Crippen LogP contribution in [0.2, 0.25) is 0 Å². The Morgan fingerprint density at radius 2 is 2.11 bits per heavy atom. The van der Waals surface area contributed by atoms with Crippen molar-refractivity contribution in [1.82, 2.24) is 20.0 Å². The van der Waals surface area contributed by atoms with E-state index < -0.39 is 0 Å². The molecule has 1 saturated carbocycles. The van der Waals surface area contributed by atoms with Crippen molar-refractivity contribution in [1.29, 1.82) is 0 Å². The number of aldehydes is 1. The van der Waals surface area contributed by atoms with E-state index in [2.05, 4.69) is 20.6 Å². The van der Waals surface area contributed by atoms with Crippen LogP contribution in [0.15, 0.2) is 36.7 Å². The smallest absolute Gasteiger partial charge is 0.276 e. The van der Waals surface area contributed by atoms with Crippen LogP contribution in [0.4, 0.5) is 5.69 Å². The Hall–Kier alpha value is -3.29. The Balaban J connectivity index is 1.60. The summed E-state index contributed by atoms with van der Waals surface area (Å²) in [7, 11) is 1.55. The van der Waals surface area contributed by atoms with E-state index in [1.807, 2.05) is 23.0 Å². The van der Waals surface area contributed by atoms with Crippen LogP contribution >= 0.6 is 0 Å². The topological polar surface area (TPSA) is 99.0 Å². The summed E-state index contributed by atoms with van der Waals surface area (Å²) in [5.74, 6) is 0.342. The molecule has 3 aromatic rings. The minimum atomic E-state index is -0.356. The summed E-state index contributed by atoms with van der Waals surface area (Å²) in [4.78, 5) is 23.4. The van der Waals surface area contributed by atoms with E-state index >= 15 is 0 Å². The highest BCUT2D eigenvalue weighted by atomic mass is 16.5. The van der Waals surface area contributed by atoms with Crippen LogP contribution < -0.4 is 10.1 Å². The molecule has 2 aromatic heterocycles. The molecule has 0 aliphatic heterocycles. The summed E-state index contributed by atoms with van der Waals surface area (Å²) < 4.78 is 7.41. The van der Waals surface area contributed by atoms with Crippen molar-refractivity contribution in [2.75, 3.05) is 12.4 Å². The molecule has 0 saturated heterocycles. The molecular weight excluding hydrogens is 358 g/mol. The predicted molar refractivity (Wildman–Crippen MR) is 103 cm³/mol. The summed E-state index contributed by atoms with van der Waals surface area (Å²) in [6.45, 7) is 0. The van der Waals surface area contributed by atoms with Gasteiger partial charge in [0.15, 0.2) is 5.69 Å². The number of fused-ring (bicyclic) bond motifs is 1. The van der Waals surface area contributed by atoms with Gasteiger partial charge in [-0.1, -0.05) is 0 Å². The van der Waals surface area contributed by atoms with Crippen LogP contribution in [0.3, 0.4) is 0 Å². The monoisotopic (exact) mass is 379 g/mol. The second-order valence-electron chi connectivity index (χ2n) is 6.99. The molecule has 1 aromatic carbocycles. The van der Waals surface area contributed by atoms with Gasteiger partial charge in [-0.2, -0.15) is 10.2 Å². The van der Waals surface area contributed by atoms with E-state index in [1.54, 1.807) is 19.2 Å². The Bertz CT molecular complexity index is 994. The van der Waals surface area contributed by atoms with E-state index in [1.165, 1.54) is 6.20 Å². The molecule has 0 unspecified atom stereocenters. The van der Waals surface area contributed by atoms with E-state index in [4.69, 9.17) is 4.74 Å². The number of amides is 1. The van der Waals surface area contributed by atoms with Crippen LogP contribution in [-0.4, -0.2) is 39.3 Å². The minimum absolute atomic E-state index is 0.171. The van der Waals surface area contributed by atoms with Crippen LogP contribution in [0.5, 0.6) is 5.75 Å². The van der Waals surface area contributed by atoms with Crippen molar-refractivity contribution in [3.05, 3.63) is 42.4 Å². The molecule has 1 aliphatic rings. The molecule has 28 heavy (non-hydrogen) atoms. The van der Waals surface area contributed by atoms with E-state index in [0.29, 0.717) is 11.4 Å². The highest BCUT2D eigenvalue weighted by Crippen LogP contribution is 2.34. The van der Waals surface area contributed by atoms with Gasteiger partial charge in [-0.25, -0.2) is 0 Å². The lowest BCUT2D eigenvalue weighted by Crippen LogP contribution is -2.19. The number of aromatic nitrogens is 4. The first-order chi connectivity index (χ1) is 13.7. The number of carbonyl (C=O) groups is 2. The molecule has 1 fully saturated rings. The first-order valence-electron chi connectivity index (χ1n) is 9.29. The summed E-state index contributed by atoms with van der Waals surface area (Å²) in [5, 5.41) is 16.0. The average molecular weight is 379 g/mol. The normalized spacial score (nSPS) is 19.3. The number of benzene rings is 1. The zero-order valence-corrected chi connectivity index (χ0v) is 15.5. The molecule has 8 nitrogen and oxygen atoms in total. The lowest BCUT2D eigenvalue weighted by Gasteiger charge is -2.25. The SMILES string of the molecule is COc1cc2nn([C@H]3CC[C@H](C=O)CC3)cc2cc1NC(=O)c1cccnn1. The van der Waals surface area contributed by atoms with Gasteiger partial charge in [0.2, 0.25) is 0 Å². The molecule has 2 heterocycles. The second kappa shape index (κ2) is 7.75. The van der Waals surface area contributed by atoms with Gasteiger partial charge in [0.25, 0.3) is 5.91 Å². The maximum absolute atomic E-state index is 12.4. The molecule has 4 rings (SSSR count). The molecule has 0 radical (unpaired) electrons. The fourth-order valence-electron chi connectivity index (χ4n) is 3.64. The van der Waals surface area contributed by atoms with Crippen molar-refractivity contribution in [2.45, 2.75) is 31.7 Å². The van der Waals surface area contributed by atoms with E-state index in [-0.39, 0.29) is 23.6 Å². The van der Waals surface area contributed by atoms with Crippen LogP contribution in [0.1, 0.15) is 42.2 Å². The van der Waals surface area contributed by atoms with Gasteiger partial charge in [0.1, 0.15) is 12.0 Å². The third kappa shape index (κ3) is 3.58. The minimum Gasteiger partial charge on any atom is -0.494 e. The maximum Gasteiger partial charge on any atom is 0.276 e. The number of rotatable bonds is 5. The Kier molecular flexibility index (Phi) is 5.01. The zero-order chi connectivity index (χ0) is 19.5. The standard InChI is InChI=1S/C20H21N5O3/c1-28-19-10-17-14(9-18(19)22-20(27)16-3-2-8-21-23-16)11-25(24-17)15-6-4-13(12-26)5-7-15/h2-3,8-13,15H,4-7H2,1H3,(H,22,27)/t13-,15-. The van der Waals surface area contributed by atoms with Gasteiger partial charge in [-0.15, -0.1) is 5.10 Å². The molecule has 0 spiro atoms. The lowest BCUT2D eigenvalue weighted by molar-refractivity contribution is -0.112. The molecule has 0 atom stereocenters. The summed E-state index contributed by atoms with van der Waals surface area (Å²) in [5.41, 5.74) is 1.58. The number of anilines is 1. The quantitative estimate of drug-likeness (QED) is 0.684. The number of methoxy groups -OCH3 is 1. The molecular formula is C20H21N5O3. The highest BCUT2D eigenvalue weighted by Gasteiger charge is 2.23. The van der Waals surface area contributed by atoms with E-state index in [0.717, 1.165) is 42.9 Å². The van der Waals surface area contributed by atoms with Crippen molar-refractivity contribution in [2.24, 2.45) is 5.92 Å². The highest BCUT2D eigenvalue weighted by molar-refractivity contribution is 6.04. The van der Waals surface area contributed by atoms with Gasteiger partial charge in [-0.3, -0.25) is 9.48 Å². The summed E-state index contributed by atoms with van der Waals surface area (Å²) >= 11 is 0. The number of nitrogens with one attached hydrogen (secondary N) is 1. The zero-order valence-electron chi connectivity index (χ0n) is 15.5. The first kappa shape index (κ1) is 18.1. The molecule has 0 bridgehead atoms. The van der Waals surface area contributed by atoms with Crippen LogP contribution in [0, 0.1) is 5.92 Å². The van der Waals surface area contributed by atoms with Gasteiger partial charge < -0.3 is 14.8 Å². The second-order valence-corrected chi connectivity index (χ2v) is 6.99. The van der Waals surface area contributed by atoms with Gasteiger partial charge in [0.05, 0.1) is 24.4 Å². The largest absolute Gasteiger partial charge is 0.494 e. The van der Waals surface area contributed by atoms with Crippen molar-refractivity contribution < 1.29 is 14.3 Å². The predicted octanol–water partition coefficient (Wildman–Crippen LogP) is 3.02. The molecule has 1 aliphatic carbocycles. The Labute approximate surface area is 161 Å². The van der Waals surface area contributed by atoms with Crippen LogP contribution in [0.25, 0.3) is 10.9 Å². The third-order valence-corrected chi connectivity index (χ3v) is 5.20. The number of ether oxygens (including phenoxy) is 1. The summed E-state index contributed by atoms with van der Waals surface area (Å²) in [6.07, 6.45) is 8.22. The molecule has 144 valence electrons. The lowest BCUT2D eigenvalue weighted by atomic mass is 9.87. The number of hydrogen-bond acceptors (Lipinski definition) is 6. The van der Waals surface area contributed by atoms with Crippen LogP contribution in [-0.2, 0) is 4.79 Å². The van der Waals surface area contributed by atoms with Crippen molar-refractivity contribution >= 4 is 28.8 Å². The molecule has 1 N–H and O–H groups in total. The average Bonchev–Trinajstić information content (AvgIpc) is 3.16. The van der Waals surface area contributed by atoms with Gasteiger partial charge in [0, 0.05) is 29.8 Å². The van der Waals surface area contributed by atoms with Crippen molar-refractivity contribution in [3.8, 4) is 5.75 Å².